The molecule has 1 N–H and O–H groups in total. The molecule has 0 spiro atoms. The number of aromatic nitrogens is 1. The van der Waals surface area contributed by atoms with E-state index in [1.165, 1.54) is 7.11 Å². The van der Waals surface area contributed by atoms with E-state index in [2.05, 4.69) is 6.58 Å². The minimum Gasteiger partial charge on any atom is -0.465 e. The predicted molar refractivity (Wildman–Crippen MR) is 72.6 cm³/mol. The second kappa shape index (κ2) is 6.91. The first kappa shape index (κ1) is 16.0. The summed E-state index contributed by atoms with van der Waals surface area (Å²) in [5.74, 6) is -1.29. The van der Waals surface area contributed by atoms with Gasteiger partial charge in [0.05, 0.1) is 37.1 Å². The van der Waals surface area contributed by atoms with E-state index in [-0.39, 0.29) is 24.3 Å². The summed E-state index contributed by atoms with van der Waals surface area (Å²) in [6.07, 6.45) is 1.61. The highest BCUT2D eigenvalue weighted by atomic mass is 16.5. The molecular formula is C14H19NO5. The summed E-state index contributed by atoms with van der Waals surface area (Å²) in [4.78, 5) is 24.0. The summed E-state index contributed by atoms with van der Waals surface area (Å²) in [7, 11) is 1.24. The van der Waals surface area contributed by atoms with Gasteiger partial charge in [0.2, 0.25) is 0 Å². The number of ether oxygens (including phenoxy) is 2. The molecule has 0 fully saturated rings. The van der Waals surface area contributed by atoms with Crippen molar-refractivity contribution < 1.29 is 24.2 Å². The van der Waals surface area contributed by atoms with Gasteiger partial charge in [-0.15, -0.1) is 6.58 Å². The molecule has 110 valence electrons. The second-order valence-electron chi connectivity index (χ2n) is 4.05. The Morgan fingerprint density at radius 1 is 1.35 bits per heavy atom. The molecule has 1 heterocycles. The summed E-state index contributed by atoms with van der Waals surface area (Å²) in [6.45, 7) is 7.12. The molecular weight excluding hydrogens is 262 g/mol. The number of allylic oxidation sites excluding steroid dienone is 1. The fraction of sp³-hybridized carbons (Fsp3) is 0.429. The number of hydrogen-bond donors (Lipinski definition) is 1. The quantitative estimate of drug-likeness (QED) is 0.630. The van der Waals surface area contributed by atoms with Gasteiger partial charge in [-0.25, -0.2) is 9.59 Å². The topological polar surface area (TPSA) is 77.8 Å². The molecule has 6 heteroatoms. The molecule has 0 radical (unpaired) electrons. The Bertz CT molecular complexity index is 530. The lowest BCUT2D eigenvalue weighted by Gasteiger charge is -2.07. The normalized spacial score (nSPS) is 10.2. The van der Waals surface area contributed by atoms with Crippen molar-refractivity contribution in [1.82, 2.24) is 4.57 Å². The lowest BCUT2D eigenvalue weighted by atomic mass is 10.1. The highest BCUT2D eigenvalue weighted by Crippen LogP contribution is 2.25. The number of esters is 2. The van der Waals surface area contributed by atoms with E-state index in [0.29, 0.717) is 17.9 Å². The van der Waals surface area contributed by atoms with Gasteiger partial charge in [0.1, 0.15) is 0 Å². The Morgan fingerprint density at radius 2 is 2.00 bits per heavy atom. The maximum Gasteiger partial charge on any atom is 0.340 e. The summed E-state index contributed by atoms with van der Waals surface area (Å²) in [6, 6.07) is 0. The molecule has 0 aromatic carbocycles. The summed E-state index contributed by atoms with van der Waals surface area (Å²) in [5.41, 5.74) is 1.03. The van der Waals surface area contributed by atoms with Crippen LogP contribution >= 0.6 is 0 Å². The zero-order chi connectivity index (χ0) is 15.3. The van der Waals surface area contributed by atoms with Crippen LogP contribution in [0.2, 0.25) is 0 Å². The fourth-order valence-corrected chi connectivity index (χ4v) is 2.11. The molecule has 0 aliphatic carbocycles. The summed E-state index contributed by atoms with van der Waals surface area (Å²) < 4.78 is 11.3. The Labute approximate surface area is 117 Å². The highest BCUT2D eigenvalue weighted by Gasteiger charge is 2.30. The zero-order valence-corrected chi connectivity index (χ0v) is 11.9. The van der Waals surface area contributed by atoms with Crippen molar-refractivity contribution in [3.8, 4) is 0 Å². The second-order valence-corrected chi connectivity index (χ2v) is 4.05. The van der Waals surface area contributed by atoms with E-state index in [4.69, 9.17) is 9.47 Å². The third-order valence-electron chi connectivity index (χ3n) is 2.96. The van der Waals surface area contributed by atoms with Crippen LogP contribution in [0.3, 0.4) is 0 Å². The maximum absolute atomic E-state index is 12.1. The van der Waals surface area contributed by atoms with Crippen LogP contribution in [-0.2, 0) is 22.6 Å². The number of rotatable bonds is 6. The molecule has 1 aromatic rings. The first-order valence-corrected chi connectivity index (χ1v) is 6.22. The molecule has 0 saturated carbocycles. The fourth-order valence-electron chi connectivity index (χ4n) is 2.11. The van der Waals surface area contributed by atoms with Gasteiger partial charge in [0.25, 0.3) is 0 Å². The van der Waals surface area contributed by atoms with Gasteiger partial charge in [0.15, 0.2) is 0 Å². The van der Waals surface area contributed by atoms with Crippen molar-refractivity contribution in [1.29, 1.82) is 0 Å². The third kappa shape index (κ3) is 2.75. The van der Waals surface area contributed by atoms with Gasteiger partial charge >= 0.3 is 11.9 Å². The van der Waals surface area contributed by atoms with E-state index < -0.39 is 11.9 Å². The van der Waals surface area contributed by atoms with Crippen LogP contribution in [0.15, 0.2) is 12.7 Å². The molecule has 1 aromatic heterocycles. The first-order valence-electron chi connectivity index (χ1n) is 6.22. The average Bonchev–Trinajstić information content (AvgIpc) is 2.71. The van der Waals surface area contributed by atoms with Crippen LogP contribution in [0.5, 0.6) is 0 Å². The summed E-state index contributed by atoms with van der Waals surface area (Å²) in [5, 5.41) is 9.52. The lowest BCUT2D eigenvalue weighted by Crippen LogP contribution is -2.13. The number of carbonyl (C=O) groups excluding carboxylic acids is 2. The monoisotopic (exact) mass is 281 g/mol. The Hall–Kier alpha value is -2.08. The number of methoxy groups -OCH3 is 1. The molecule has 0 aliphatic heterocycles. The van der Waals surface area contributed by atoms with E-state index in [1.54, 1.807) is 24.5 Å². The van der Waals surface area contributed by atoms with Crippen LogP contribution in [-0.4, -0.2) is 35.3 Å². The number of carbonyl (C=O) groups is 2. The van der Waals surface area contributed by atoms with E-state index >= 15 is 0 Å². The van der Waals surface area contributed by atoms with E-state index in [1.807, 2.05) is 0 Å². The van der Waals surface area contributed by atoms with E-state index in [0.717, 1.165) is 0 Å². The van der Waals surface area contributed by atoms with Crippen molar-refractivity contribution in [2.75, 3.05) is 13.7 Å². The van der Waals surface area contributed by atoms with E-state index in [9.17, 15) is 14.7 Å². The Morgan fingerprint density at radius 3 is 2.45 bits per heavy atom. The minimum atomic E-state index is -0.650. The smallest absolute Gasteiger partial charge is 0.340 e. The van der Waals surface area contributed by atoms with Gasteiger partial charge in [-0.3, -0.25) is 0 Å². The van der Waals surface area contributed by atoms with Crippen molar-refractivity contribution in [3.05, 3.63) is 35.2 Å². The van der Waals surface area contributed by atoms with Crippen LogP contribution < -0.4 is 0 Å². The van der Waals surface area contributed by atoms with Gasteiger partial charge in [-0.05, 0) is 13.8 Å². The molecule has 0 bridgehead atoms. The highest BCUT2D eigenvalue weighted by molar-refractivity contribution is 6.05. The van der Waals surface area contributed by atoms with Crippen LogP contribution in [0.1, 0.15) is 39.0 Å². The molecule has 0 unspecified atom stereocenters. The van der Waals surface area contributed by atoms with Crippen molar-refractivity contribution in [2.45, 2.75) is 27.0 Å². The predicted octanol–water partition coefficient (Wildman–Crippen LogP) is 1.44. The standard InChI is InChI=1S/C14H19NO5/c1-5-7-15-9(3)11(13(17)19-4)12(10(15)8-16)14(18)20-6-2/h5,16H,1,6-8H2,2-4H3. The summed E-state index contributed by atoms with van der Waals surface area (Å²) >= 11 is 0. The number of hydrogen-bond acceptors (Lipinski definition) is 5. The molecule has 0 atom stereocenters. The van der Waals surface area contributed by atoms with Crippen LogP contribution in [0.25, 0.3) is 0 Å². The third-order valence-corrected chi connectivity index (χ3v) is 2.96. The maximum atomic E-state index is 12.1. The molecule has 0 amide bonds. The van der Waals surface area contributed by atoms with Crippen LogP contribution in [0.4, 0.5) is 0 Å². The van der Waals surface area contributed by atoms with Crippen molar-refractivity contribution >= 4 is 11.9 Å². The molecule has 0 aliphatic rings. The average molecular weight is 281 g/mol. The molecule has 6 nitrogen and oxygen atoms in total. The first-order chi connectivity index (χ1) is 9.53. The number of aliphatic hydroxyl groups is 1. The van der Waals surface area contributed by atoms with Gasteiger partial charge in [0, 0.05) is 12.2 Å². The van der Waals surface area contributed by atoms with Crippen molar-refractivity contribution in [2.24, 2.45) is 0 Å². The van der Waals surface area contributed by atoms with Gasteiger partial charge in [-0.1, -0.05) is 6.08 Å². The Balaban J connectivity index is 3.57. The zero-order valence-electron chi connectivity index (χ0n) is 11.9. The molecule has 1 rings (SSSR count). The Kier molecular flexibility index (Phi) is 5.52. The number of aliphatic hydroxyl groups excluding tert-OH is 1. The SMILES string of the molecule is C=CCn1c(C)c(C(=O)OC)c(C(=O)OCC)c1CO. The lowest BCUT2D eigenvalue weighted by molar-refractivity contribution is 0.0501. The van der Waals surface area contributed by atoms with Crippen LogP contribution in [0, 0.1) is 6.92 Å². The van der Waals surface area contributed by atoms with Gasteiger partial charge < -0.3 is 19.1 Å². The molecule has 0 saturated heterocycles. The van der Waals surface area contributed by atoms with Gasteiger partial charge in [-0.2, -0.15) is 0 Å². The molecule has 20 heavy (non-hydrogen) atoms. The minimum absolute atomic E-state index is 0.0561. The largest absolute Gasteiger partial charge is 0.465 e. The van der Waals surface area contributed by atoms with Crippen molar-refractivity contribution in [3.63, 3.8) is 0 Å². The number of nitrogens with zero attached hydrogens (tertiary/aromatic N) is 1.